The van der Waals surface area contributed by atoms with Crippen LogP contribution in [-0.4, -0.2) is 21.8 Å². The highest BCUT2D eigenvalue weighted by molar-refractivity contribution is 6.30. The van der Waals surface area contributed by atoms with Crippen LogP contribution in [0.2, 0.25) is 5.02 Å². The molecule has 0 bridgehead atoms. The highest BCUT2D eigenvalue weighted by Gasteiger charge is 2.16. The maximum atomic E-state index is 5.90. The fourth-order valence-corrected chi connectivity index (χ4v) is 2.69. The Bertz CT molecular complexity index is 749. The maximum absolute atomic E-state index is 5.90. The predicted molar refractivity (Wildman–Crippen MR) is 85.5 cm³/mol. The van der Waals surface area contributed by atoms with E-state index in [0.29, 0.717) is 5.02 Å². The first-order chi connectivity index (χ1) is 10.2. The average molecular weight is 301 g/mol. The fourth-order valence-electron chi connectivity index (χ4n) is 2.58. The molecule has 3 aromatic rings. The highest BCUT2D eigenvalue weighted by atomic mass is 35.5. The van der Waals surface area contributed by atoms with Gasteiger partial charge >= 0.3 is 0 Å². The van der Waals surface area contributed by atoms with Gasteiger partial charge in [0.1, 0.15) is 0 Å². The van der Waals surface area contributed by atoms with Crippen molar-refractivity contribution in [1.82, 2.24) is 20.1 Å². The van der Waals surface area contributed by atoms with E-state index in [1.165, 1.54) is 5.39 Å². The molecule has 0 aliphatic heterocycles. The zero-order chi connectivity index (χ0) is 14.8. The third-order valence-corrected chi connectivity index (χ3v) is 3.91. The number of benzene rings is 1. The highest BCUT2D eigenvalue weighted by Crippen LogP contribution is 2.23. The summed E-state index contributed by atoms with van der Waals surface area (Å²) in [5.74, 6) is 0. The molecule has 21 heavy (non-hydrogen) atoms. The molecule has 0 saturated carbocycles. The van der Waals surface area contributed by atoms with Gasteiger partial charge in [0.15, 0.2) is 0 Å². The molecule has 0 spiro atoms. The second-order valence-corrected chi connectivity index (χ2v) is 5.47. The van der Waals surface area contributed by atoms with Crippen LogP contribution < -0.4 is 5.32 Å². The van der Waals surface area contributed by atoms with Crippen molar-refractivity contribution >= 4 is 22.5 Å². The van der Waals surface area contributed by atoms with Gasteiger partial charge in [0, 0.05) is 25.1 Å². The van der Waals surface area contributed by atoms with E-state index in [-0.39, 0.29) is 6.04 Å². The summed E-state index contributed by atoms with van der Waals surface area (Å²) in [4.78, 5) is 4.40. The Morgan fingerprint density at radius 1 is 1.24 bits per heavy atom. The number of rotatable bonds is 4. The molecule has 0 radical (unpaired) electrons. The van der Waals surface area contributed by atoms with E-state index in [1.807, 2.05) is 43.0 Å². The summed E-state index contributed by atoms with van der Waals surface area (Å²) in [6, 6.07) is 12.2. The molecule has 2 aromatic heterocycles. The average Bonchev–Trinajstić information content (AvgIpc) is 2.83. The number of pyridine rings is 1. The Morgan fingerprint density at radius 2 is 2.05 bits per heavy atom. The van der Waals surface area contributed by atoms with Crippen LogP contribution in [0.25, 0.3) is 10.9 Å². The summed E-state index contributed by atoms with van der Waals surface area (Å²) >= 11 is 5.90. The van der Waals surface area contributed by atoms with Gasteiger partial charge in [-0.05, 0) is 25.2 Å². The van der Waals surface area contributed by atoms with Crippen molar-refractivity contribution in [2.75, 3.05) is 7.05 Å². The number of fused-ring (bicyclic) bond motifs is 1. The minimum absolute atomic E-state index is 0.112. The summed E-state index contributed by atoms with van der Waals surface area (Å²) < 4.78 is 1.92. The van der Waals surface area contributed by atoms with Crippen LogP contribution in [0.3, 0.4) is 0 Å². The van der Waals surface area contributed by atoms with Crippen LogP contribution in [0.5, 0.6) is 0 Å². The van der Waals surface area contributed by atoms with Gasteiger partial charge < -0.3 is 5.32 Å². The number of aromatic nitrogens is 3. The number of hydrogen-bond acceptors (Lipinski definition) is 3. The van der Waals surface area contributed by atoms with Gasteiger partial charge in [-0.1, -0.05) is 29.8 Å². The molecular weight excluding hydrogens is 284 g/mol. The van der Waals surface area contributed by atoms with Gasteiger partial charge in [-0.3, -0.25) is 9.67 Å². The Balaban J connectivity index is 1.94. The third kappa shape index (κ3) is 2.77. The molecule has 0 amide bonds. The first-order valence-corrected chi connectivity index (χ1v) is 7.26. The number of para-hydroxylation sites is 1. The van der Waals surface area contributed by atoms with Crippen LogP contribution in [0.4, 0.5) is 0 Å². The molecule has 0 saturated heterocycles. The molecule has 0 fully saturated rings. The Hall–Kier alpha value is -1.91. The zero-order valence-electron chi connectivity index (χ0n) is 12.0. The SMILES string of the molecule is CNC(Cc1nn(C)c2ccccc12)c1ccc(Cl)cn1. The van der Waals surface area contributed by atoms with Crippen molar-refractivity contribution in [2.45, 2.75) is 12.5 Å². The quantitative estimate of drug-likeness (QED) is 0.805. The first-order valence-electron chi connectivity index (χ1n) is 6.88. The van der Waals surface area contributed by atoms with E-state index in [1.54, 1.807) is 6.20 Å². The number of likely N-dealkylation sites (N-methyl/N-ethyl adjacent to an activating group) is 1. The molecule has 0 aliphatic rings. The summed E-state index contributed by atoms with van der Waals surface area (Å²) in [5, 5.41) is 9.79. The molecule has 2 heterocycles. The van der Waals surface area contributed by atoms with Crippen molar-refractivity contribution in [3.8, 4) is 0 Å². The van der Waals surface area contributed by atoms with E-state index in [0.717, 1.165) is 23.3 Å². The van der Waals surface area contributed by atoms with Crippen molar-refractivity contribution in [3.05, 3.63) is 59.0 Å². The summed E-state index contributed by atoms with van der Waals surface area (Å²) in [5.41, 5.74) is 3.19. The van der Waals surface area contributed by atoms with Crippen molar-refractivity contribution in [3.63, 3.8) is 0 Å². The predicted octanol–water partition coefficient (Wildman–Crippen LogP) is 3.12. The minimum Gasteiger partial charge on any atom is -0.311 e. The lowest BCUT2D eigenvalue weighted by Gasteiger charge is -2.14. The molecule has 5 heteroatoms. The van der Waals surface area contributed by atoms with E-state index >= 15 is 0 Å². The molecule has 1 unspecified atom stereocenters. The molecule has 4 nitrogen and oxygen atoms in total. The Morgan fingerprint density at radius 3 is 2.76 bits per heavy atom. The molecule has 1 N–H and O–H groups in total. The summed E-state index contributed by atoms with van der Waals surface area (Å²) in [6.45, 7) is 0. The molecule has 1 aromatic carbocycles. The first kappa shape index (κ1) is 14.0. The lowest BCUT2D eigenvalue weighted by atomic mass is 10.0. The number of nitrogens with zero attached hydrogens (tertiary/aromatic N) is 3. The summed E-state index contributed by atoms with van der Waals surface area (Å²) in [6.07, 6.45) is 2.46. The molecule has 108 valence electrons. The standard InChI is InChI=1S/C16H17ClN4/c1-18-15(13-8-7-11(17)10-19-13)9-14-12-5-3-4-6-16(12)21(2)20-14/h3-8,10,15,18H,9H2,1-2H3. The van der Waals surface area contributed by atoms with E-state index in [9.17, 15) is 0 Å². The van der Waals surface area contributed by atoms with Gasteiger partial charge in [-0.25, -0.2) is 0 Å². The molecule has 3 rings (SSSR count). The third-order valence-electron chi connectivity index (χ3n) is 3.69. The fraction of sp³-hybridized carbons (Fsp3) is 0.250. The summed E-state index contributed by atoms with van der Waals surface area (Å²) in [7, 11) is 3.91. The Kier molecular flexibility index (Phi) is 3.90. The molecule has 0 aliphatic carbocycles. The van der Waals surface area contributed by atoms with Gasteiger partial charge in [0.25, 0.3) is 0 Å². The monoisotopic (exact) mass is 300 g/mol. The Labute approximate surface area is 128 Å². The van der Waals surface area contributed by atoms with Crippen LogP contribution in [0.15, 0.2) is 42.6 Å². The normalized spacial score (nSPS) is 12.7. The number of nitrogens with one attached hydrogen (secondary N) is 1. The lowest BCUT2D eigenvalue weighted by molar-refractivity contribution is 0.565. The smallest absolute Gasteiger partial charge is 0.0722 e. The largest absolute Gasteiger partial charge is 0.311 e. The molecule has 1 atom stereocenters. The van der Waals surface area contributed by atoms with E-state index in [2.05, 4.69) is 27.5 Å². The second-order valence-electron chi connectivity index (χ2n) is 5.03. The van der Waals surface area contributed by atoms with Crippen molar-refractivity contribution in [1.29, 1.82) is 0 Å². The van der Waals surface area contributed by atoms with Crippen LogP contribution in [0, 0.1) is 0 Å². The number of aryl methyl sites for hydroxylation is 1. The van der Waals surface area contributed by atoms with Crippen molar-refractivity contribution < 1.29 is 0 Å². The van der Waals surface area contributed by atoms with Crippen LogP contribution in [-0.2, 0) is 13.5 Å². The number of halogens is 1. The zero-order valence-corrected chi connectivity index (χ0v) is 12.8. The topological polar surface area (TPSA) is 42.7 Å². The van der Waals surface area contributed by atoms with Gasteiger partial charge in [0.2, 0.25) is 0 Å². The lowest BCUT2D eigenvalue weighted by Crippen LogP contribution is -2.20. The van der Waals surface area contributed by atoms with Gasteiger partial charge in [-0.2, -0.15) is 5.10 Å². The van der Waals surface area contributed by atoms with Crippen LogP contribution in [0.1, 0.15) is 17.4 Å². The van der Waals surface area contributed by atoms with Gasteiger partial charge in [0.05, 0.1) is 28.0 Å². The van der Waals surface area contributed by atoms with Crippen molar-refractivity contribution in [2.24, 2.45) is 7.05 Å². The van der Waals surface area contributed by atoms with E-state index < -0.39 is 0 Å². The number of hydrogen-bond donors (Lipinski definition) is 1. The van der Waals surface area contributed by atoms with Crippen LogP contribution >= 0.6 is 11.6 Å². The van der Waals surface area contributed by atoms with Gasteiger partial charge in [-0.15, -0.1) is 0 Å². The van der Waals surface area contributed by atoms with E-state index in [4.69, 9.17) is 11.6 Å². The minimum atomic E-state index is 0.112. The second kappa shape index (κ2) is 5.84. The molecular formula is C16H17ClN4. The maximum Gasteiger partial charge on any atom is 0.0722 e.